The first-order chi connectivity index (χ1) is 11.1. The number of nitrogens with one attached hydrogen (secondary N) is 1. The van der Waals surface area contributed by atoms with Crippen molar-refractivity contribution in [2.45, 2.75) is 13.8 Å². The summed E-state index contributed by atoms with van der Waals surface area (Å²) in [6.45, 7) is 9.24. The number of likely N-dealkylation sites (N-methyl/N-ethyl adjacent to an activating group) is 1. The van der Waals surface area contributed by atoms with E-state index in [1.807, 2.05) is 13.0 Å². The van der Waals surface area contributed by atoms with E-state index in [0.717, 1.165) is 44.2 Å². The van der Waals surface area contributed by atoms with Gasteiger partial charge in [0.2, 0.25) is 5.95 Å². The van der Waals surface area contributed by atoms with Crippen LogP contribution >= 0.6 is 0 Å². The van der Waals surface area contributed by atoms with E-state index in [1.165, 1.54) is 12.1 Å². The number of rotatable bonds is 4. The van der Waals surface area contributed by atoms with Gasteiger partial charge in [0.1, 0.15) is 11.6 Å². The molecular weight excluding hydrogens is 293 g/mol. The van der Waals surface area contributed by atoms with Crippen LogP contribution in [0.25, 0.3) is 0 Å². The summed E-state index contributed by atoms with van der Waals surface area (Å²) in [6, 6.07) is 8.32. The number of hydrogen-bond acceptors (Lipinski definition) is 5. The Morgan fingerprint density at radius 2 is 1.91 bits per heavy atom. The molecule has 0 atom stereocenters. The quantitative estimate of drug-likeness (QED) is 0.940. The minimum absolute atomic E-state index is 0.279. The number of hydrogen-bond donors (Lipinski definition) is 1. The molecule has 5 nitrogen and oxygen atoms in total. The summed E-state index contributed by atoms with van der Waals surface area (Å²) < 4.78 is 13.3. The topological polar surface area (TPSA) is 44.3 Å². The molecule has 6 heteroatoms. The molecule has 1 aliphatic rings. The second kappa shape index (κ2) is 6.91. The van der Waals surface area contributed by atoms with E-state index in [9.17, 15) is 4.39 Å². The van der Waals surface area contributed by atoms with Crippen LogP contribution < -0.4 is 10.2 Å². The Labute approximate surface area is 136 Å². The maximum Gasteiger partial charge on any atom is 0.229 e. The summed E-state index contributed by atoms with van der Waals surface area (Å²) in [7, 11) is 0. The van der Waals surface area contributed by atoms with Crippen LogP contribution in [-0.4, -0.2) is 47.6 Å². The third-order valence-corrected chi connectivity index (χ3v) is 4.06. The van der Waals surface area contributed by atoms with Crippen molar-refractivity contribution < 1.29 is 4.39 Å². The molecule has 0 spiro atoms. The SMILES string of the molecule is CCN1CCN(c2cc(C)nc(Nc3cccc(F)c3)n2)CC1. The third-order valence-electron chi connectivity index (χ3n) is 4.06. The molecule has 0 radical (unpaired) electrons. The molecule has 1 aliphatic heterocycles. The van der Waals surface area contributed by atoms with Crippen LogP contribution in [0.1, 0.15) is 12.6 Å². The number of aryl methyl sites for hydroxylation is 1. The first-order valence-electron chi connectivity index (χ1n) is 7.99. The van der Waals surface area contributed by atoms with E-state index in [4.69, 9.17) is 0 Å². The summed E-state index contributed by atoms with van der Waals surface area (Å²) in [4.78, 5) is 13.7. The van der Waals surface area contributed by atoms with Gasteiger partial charge in [-0.25, -0.2) is 9.37 Å². The lowest BCUT2D eigenvalue weighted by Crippen LogP contribution is -2.46. The number of halogens is 1. The molecule has 0 aliphatic carbocycles. The molecular formula is C17H22FN5. The van der Waals surface area contributed by atoms with Gasteiger partial charge in [0.05, 0.1) is 0 Å². The summed E-state index contributed by atoms with van der Waals surface area (Å²) >= 11 is 0. The predicted molar refractivity (Wildman–Crippen MR) is 90.8 cm³/mol. The highest BCUT2D eigenvalue weighted by Crippen LogP contribution is 2.20. The van der Waals surface area contributed by atoms with Gasteiger partial charge in [-0.15, -0.1) is 0 Å². The molecule has 2 aromatic rings. The fourth-order valence-corrected chi connectivity index (χ4v) is 2.76. The van der Waals surface area contributed by atoms with Gasteiger partial charge < -0.3 is 15.1 Å². The number of benzene rings is 1. The Bertz CT molecular complexity index is 668. The van der Waals surface area contributed by atoms with Gasteiger partial charge in [0.25, 0.3) is 0 Å². The number of nitrogens with zero attached hydrogens (tertiary/aromatic N) is 4. The number of anilines is 3. The zero-order valence-corrected chi connectivity index (χ0v) is 13.6. The average Bonchev–Trinajstić information content (AvgIpc) is 2.54. The molecule has 1 saturated heterocycles. The second-order valence-electron chi connectivity index (χ2n) is 5.75. The molecule has 3 rings (SSSR count). The minimum Gasteiger partial charge on any atom is -0.354 e. The standard InChI is InChI=1S/C17H22FN5/c1-3-22-7-9-23(10-8-22)16-11-13(2)19-17(21-16)20-15-6-4-5-14(18)12-15/h4-6,11-12H,3,7-10H2,1-2H3,(H,19,20,21). The van der Waals surface area contributed by atoms with Gasteiger partial charge in [-0.05, 0) is 31.7 Å². The molecule has 1 aromatic carbocycles. The van der Waals surface area contributed by atoms with Gasteiger partial charge in [-0.2, -0.15) is 4.98 Å². The van der Waals surface area contributed by atoms with E-state index >= 15 is 0 Å². The molecule has 0 amide bonds. The minimum atomic E-state index is -0.279. The van der Waals surface area contributed by atoms with Crippen LogP contribution in [0.2, 0.25) is 0 Å². The molecule has 0 unspecified atom stereocenters. The summed E-state index contributed by atoms with van der Waals surface area (Å²) in [5.41, 5.74) is 1.55. The highest BCUT2D eigenvalue weighted by molar-refractivity contribution is 5.55. The summed E-state index contributed by atoms with van der Waals surface area (Å²) in [5.74, 6) is 1.15. The fraction of sp³-hybridized carbons (Fsp3) is 0.412. The molecule has 122 valence electrons. The Morgan fingerprint density at radius 3 is 2.61 bits per heavy atom. The zero-order valence-electron chi connectivity index (χ0n) is 13.6. The summed E-state index contributed by atoms with van der Waals surface area (Å²) in [6.07, 6.45) is 0. The fourth-order valence-electron chi connectivity index (χ4n) is 2.76. The second-order valence-corrected chi connectivity index (χ2v) is 5.75. The van der Waals surface area contributed by atoms with Gasteiger partial charge in [0.15, 0.2) is 0 Å². The highest BCUT2D eigenvalue weighted by atomic mass is 19.1. The monoisotopic (exact) mass is 315 g/mol. The molecule has 0 bridgehead atoms. The third kappa shape index (κ3) is 3.96. The number of aromatic nitrogens is 2. The highest BCUT2D eigenvalue weighted by Gasteiger charge is 2.17. The lowest BCUT2D eigenvalue weighted by Gasteiger charge is -2.34. The largest absolute Gasteiger partial charge is 0.354 e. The van der Waals surface area contributed by atoms with E-state index in [-0.39, 0.29) is 5.82 Å². The average molecular weight is 315 g/mol. The van der Waals surface area contributed by atoms with E-state index in [1.54, 1.807) is 12.1 Å². The Balaban J connectivity index is 1.77. The Kier molecular flexibility index (Phi) is 4.71. The molecule has 0 saturated carbocycles. The van der Waals surface area contributed by atoms with Gasteiger partial charge in [-0.3, -0.25) is 0 Å². The predicted octanol–water partition coefficient (Wildman–Crippen LogP) is 2.81. The van der Waals surface area contributed by atoms with Crippen molar-refractivity contribution in [1.82, 2.24) is 14.9 Å². The lowest BCUT2D eigenvalue weighted by molar-refractivity contribution is 0.270. The van der Waals surface area contributed by atoms with Crippen molar-refractivity contribution in [3.05, 3.63) is 41.8 Å². The first kappa shape index (κ1) is 15.7. The van der Waals surface area contributed by atoms with Crippen molar-refractivity contribution in [3.63, 3.8) is 0 Å². The van der Waals surface area contributed by atoms with Crippen LogP contribution in [-0.2, 0) is 0 Å². The maximum atomic E-state index is 13.3. The smallest absolute Gasteiger partial charge is 0.229 e. The molecule has 23 heavy (non-hydrogen) atoms. The van der Waals surface area contributed by atoms with E-state index < -0.39 is 0 Å². The van der Waals surface area contributed by atoms with Gasteiger partial charge in [0, 0.05) is 43.6 Å². The van der Waals surface area contributed by atoms with E-state index in [2.05, 4.69) is 32.0 Å². The first-order valence-corrected chi connectivity index (χ1v) is 7.99. The molecule has 1 N–H and O–H groups in total. The van der Waals surface area contributed by atoms with Crippen molar-refractivity contribution >= 4 is 17.5 Å². The van der Waals surface area contributed by atoms with Crippen LogP contribution in [0, 0.1) is 12.7 Å². The van der Waals surface area contributed by atoms with Crippen molar-refractivity contribution in [1.29, 1.82) is 0 Å². The van der Waals surface area contributed by atoms with Gasteiger partial charge in [-0.1, -0.05) is 13.0 Å². The summed E-state index contributed by atoms with van der Waals surface area (Å²) in [5, 5.41) is 3.09. The Morgan fingerprint density at radius 1 is 1.13 bits per heavy atom. The van der Waals surface area contributed by atoms with E-state index in [0.29, 0.717) is 11.6 Å². The molecule has 1 fully saturated rings. The van der Waals surface area contributed by atoms with Crippen LogP contribution in [0.15, 0.2) is 30.3 Å². The van der Waals surface area contributed by atoms with Crippen LogP contribution in [0.3, 0.4) is 0 Å². The zero-order chi connectivity index (χ0) is 16.2. The maximum absolute atomic E-state index is 13.3. The lowest BCUT2D eigenvalue weighted by atomic mass is 10.3. The number of piperazine rings is 1. The van der Waals surface area contributed by atoms with Crippen LogP contribution in [0.4, 0.5) is 21.8 Å². The Hall–Kier alpha value is -2.21. The van der Waals surface area contributed by atoms with Crippen LogP contribution in [0.5, 0.6) is 0 Å². The van der Waals surface area contributed by atoms with Crippen molar-refractivity contribution in [3.8, 4) is 0 Å². The molecule has 2 heterocycles. The molecule has 1 aromatic heterocycles. The van der Waals surface area contributed by atoms with Crippen molar-refractivity contribution in [2.24, 2.45) is 0 Å². The van der Waals surface area contributed by atoms with Crippen molar-refractivity contribution in [2.75, 3.05) is 42.9 Å². The normalized spacial score (nSPS) is 15.7. The van der Waals surface area contributed by atoms with Gasteiger partial charge >= 0.3 is 0 Å².